The number of halogens is 1. The van der Waals surface area contributed by atoms with E-state index in [9.17, 15) is 4.79 Å². The number of nitrogen functional groups attached to an aromatic ring is 2. The van der Waals surface area contributed by atoms with Gasteiger partial charge in [-0.15, -0.1) is 0 Å². The van der Waals surface area contributed by atoms with E-state index in [0.29, 0.717) is 28.5 Å². The smallest absolute Gasteiger partial charge is 0.255 e. The molecule has 0 fully saturated rings. The first-order valence-electron chi connectivity index (χ1n) is 6.12. The summed E-state index contributed by atoms with van der Waals surface area (Å²) in [6.07, 6.45) is 0. The first-order chi connectivity index (χ1) is 9.47. The third-order valence-corrected chi connectivity index (χ3v) is 3.24. The Morgan fingerprint density at radius 3 is 2.40 bits per heavy atom. The molecule has 0 saturated carbocycles. The first-order valence-corrected chi connectivity index (χ1v) is 6.50. The minimum Gasteiger partial charge on any atom is -0.399 e. The molecule has 2 rings (SSSR count). The molecule has 0 saturated heterocycles. The van der Waals surface area contributed by atoms with Crippen molar-refractivity contribution in [1.82, 2.24) is 4.90 Å². The third-order valence-electron chi connectivity index (χ3n) is 2.99. The summed E-state index contributed by atoms with van der Waals surface area (Å²) in [4.78, 5) is 13.9. The lowest BCUT2D eigenvalue weighted by molar-refractivity contribution is 0.0786. The normalized spacial score (nSPS) is 10.3. The lowest BCUT2D eigenvalue weighted by Gasteiger charge is -2.18. The highest BCUT2D eigenvalue weighted by atomic mass is 35.5. The van der Waals surface area contributed by atoms with Crippen molar-refractivity contribution in [1.29, 1.82) is 0 Å². The van der Waals surface area contributed by atoms with Crippen LogP contribution in [0.3, 0.4) is 0 Å². The van der Waals surface area contributed by atoms with Crippen molar-refractivity contribution in [2.75, 3.05) is 18.5 Å². The molecule has 2 aromatic rings. The summed E-state index contributed by atoms with van der Waals surface area (Å²) in [5.74, 6) is -0.141. The molecular formula is C15H16ClN3O. The van der Waals surface area contributed by atoms with Crippen LogP contribution in [0.25, 0.3) is 0 Å². The van der Waals surface area contributed by atoms with E-state index < -0.39 is 0 Å². The second-order valence-electron chi connectivity index (χ2n) is 4.63. The highest BCUT2D eigenvalue weighted by molar-refractivity contribution is 6.30. The van der Waals surface area contributed by atoms with Crippen LogP contribution in [0, 0.1) is 0 Å². The van der Waals surface area contributed by atoms with Crippen LogP contribution >= 0.6 is 11.6 Å². The number of carbonyl (C=O) groups is 1. The molecular weight excluding hydrogens is 274 g/mol. The summed E-state index contributed by atoms with van der Waals surface area (Å²) in [6.45, 7) is 0.486. The maximum absolute atomic E-state index is 12.3. The van der Waals surface area contributed by atoms with E-state index in [1.54, 1.807) is 42.3 Å². The Labute approximate surface area is 122 Å². The molecule has 0 unspecified atom stereocenters. The van der Waals surface area contributed by atoms with E-state index in [0.717, 1.165) is 5.56 Å². The molecule has 0 aliphatic heterocycles. The Hall–Kier alpha value is -2.20. The first kappa shape index (κ1) is 14.2. The summed E-state index contributed by atoms with van der Waals surface area (Å²) < 4.78 is 0. The highest BCUT2D eigenvalue weighted by Gasteiger charge is 2.15. The average molecular weight is 290 g/mol. The summed E-state index contributed by atoms with van der Waals surface area (Å²) in [5, 5.41) is 0.672. The summed E-state index contributed by atoms with van der Waals surface area (Å²) in [5.41, 5.74) is 13.8. The fraction of sp³-hybridized carbons (Fsp3) is 0.133. The van der Waals surface area contributed by atoms with Crippen LogP contribution in [0.5, 0.6) is 0 Å². The Bertz CT molecular complexity index is 626. The van der Waals surface area contributed by atoms with Crippen molar-refractivity contribution in [3.63, 3.8) is 0 Å². The van der Waals surface area contributed by atoms with E-state index in [1.807, 2.05) is 12.1 Å². The highest BCUT2D eigenvalue weighted by Crippen LogP contribution is 2.18. The van der Waals surface area contributed by atoms with Crippen LogP contribution < -0.4 is 11.5 Å². The zero-order valence-electron chi connectivity index (χ0n) is 11.1. The molecule has 0 heterocycles. The maximum atomic E-state index is 12.3. The molecule has 0 bridgehead atoms. The number of anilines is 2. The lowest BCUT2D eigenvalue weighted by atomic mass is 10.1. The van der Waals surface area contributed by atoms with Crippen LogP contribution in [-0.4, -0.2) is 17.9 Å². The van der Waals surface area contributed by atoms with Crippen molar-refractivity contribution in [3.05, 3.63) is 58.6 Å². The van der Waals surface area contributed by atoms with E-state index in [-0.39, 0.29) is 5.91 Å². The molecule has 4 nitrogen and oxygen atoms in total. The quantitative estimate of drug-likeness (QED) is 0.854. The zero-order chi connectivity index (χ0) is 14.7. The summed E-state index contributed by atoms with van der Waals surface area (Å²) >= 11 is 5.83. The van der Waals surface area contributed by atoms with E-state index >= 15 is 0 Å². The fourth-order valence-electron chi connectivity index (χ4n) is 1.92. The van der Waals surface area contributed by atoms with E-state index in [1.165, 1.54) is 0 Å². The van der Waals surface area contributed by atoms with Crippen molar-refractivity contribution in [3.8, 4) is 0 Å². The zero-order valence-corrected chi connectivity index (χ0v) is 11.9. The van der Waals surface area contributed by atoms with Crippen LogP contribution in [-0.2, 0) is 6.54 Å². The molecule has 0 atom stereocenters. The number of rotatable bonds is 3. The molecule has 0 aliphatic rings. The molecule has 1 amide bonds. The number of hydrogen-bond acceptors (Lipinski definition) is 3. The Morgan fingerprint density at radius 2 is 1.80 bits per heavy atom. The third kappa shape index (κ3) is 3.22. The van der Waals surface area contributed by atoms with Gasteiger partial charge in [-0.25, -0.2) is 0 Å². The van der Waals surface area contributed by atoms with Gasteiger partial charge in [0.1, 0.15) is 0 Å². The van der Waals surface area contributed by atoms with Gasteiger partial charge in [0.2, 0.25) is 0 Å². The van der Waals surface area contributed by atoms with Crippen LogP contribution in [0.4, 0.5) is 11.4 Å². The maximum Gasteiger partial charge on any atom is 0.255 e. The predicted molar refractivity (Wildman–Crippen MR) is 82.5 cm³/mol. The molecule has 0 aliphatic carbocycles. The summed E-state index contributed by atoms with van der Waals surface area (Å²) in [7, 11) is 1.73. The van der Waals surface area contributed by atoms with Gasteiger partial charge in [0.05, 0.1) is 5.56 Å². The van der Waals surface area contributed by atoms with Gasteiger partial charge < -0.3 is 16.4 Å². The van der Waals surface area contributed by atoms with Crippen molar-refractivity contribution < 1.29 is 4.79 Å². The number of hydrogen-bond donors (Lipinski definition) is 2. The van der Waals surface area contributed by atoms with Crippen LogP contribution in [0.15, 0.2) is 42.5 Å². The second-order valence-corrected chi connectivity index (χ2v) is 5.07. The molecule has 0 aromatic heterocycles. The molecule has 4 N–H and O–H groups in total. The number of amides is 1. The van der Waals surface area contributed by atoms with Gasteiger partial charge in [0, 0.05) is 30.0 Å². The monoisotopic (exact) mass is 289 g/mol. The minimum absolute atomic E-state index is 0.141. The number of nitrogens with two attached hydrogens (primary N) is 2. The van der Waals surface area contributed by atoms with E-state index in [2.05, 4.69) is 0 Å². The fourth-order valence-corrected chi connectivity index (χ4v) is 2.04. The number of carbonyl (C=O) groups excluding carboxylic acids is 1. The van der Waals surface area contributed by atoms with Crippen LogP contribution in [0.2, 0.25) is 5.02 Å². The van der Waals surface area contributed by atoms with Crippen molar-refractivity contribution in [2.24, 2.45) is 0 Å². The van der Waals surface area contributed by atoms with E-state index in [4.69, 9.17) is 23.1 Å². The lowest BCUT2D eigenvalue weighted by Crippen LogP contribution is -2.27. The predicted octanol–water partition coefficient (Wildman–Crippen LogP) is 2.78. The minimum atomic E-state index is -0.141. The Morgan fingerprint density at radius 1 is 1.15 bits per heavy atom. The van der Waals surface area contributed by atoms with Gasteiger partial charge in [-0.2, -0.15) is 0 Å². The van der Waals surface area contributed by atoms with Crippen molar-refractivity contribution >= 4 is 28.9 Å². The molecule has 0 radical (unpaired) electrons. The Balaban J connectivity index is 2.14. The SMILES string of the molecule is CN(Cc1ccc(Cl)cc1)C(=O)c1ccc(N)cc1N. The van der Waals surface area contributed by atoms with Gasteiger partial charge in [-0.3, -0.25) is 4.79 Å². The van der Waals surface area contributed by atoms with Gasteiger partial charge in [0.15, 0.2) is 0 Å². The van der Waals surface area contributed by atoms with Crippen molar-refractivity contribution in [2.45, 2.75) is 6.54 Å². The van der Waals surface area contributed by atoms with Gasteiger partial charge in [-0.05, 0) is 35.9 Å². The molecule has 2 aromatic carbocycles. The Kier molecular flexibility index (Phi) is 4.15. The average Bonchev–Trinajstić information content (AvgIpc) is 2.40. The van der Waals surface area contributed by atoms with Gasteiger partial charge in [-0.1, -0.05) is 23.7 Å². The standard InChI is InChI=1S/C15H16ClN3O/c1-19(9-10-2-4-11(16)5-3-10)15(20)13-7-6-12(17)8-14(13)18/h2-8H,9,17-18H2,1H3. The molecule has 5 heteroatoms. The number of benzene rings is 2. The second kappa shape index (κ2) is 5.84. The molecule has 0 spiro atoms. The topological polar surface area (TPSA) is 72.3 Å². The number of nitrogens with zero attached hydrogens (tertiary/aromatic N) is 1. The summed E-state index contributed by atoms with van der Waals surface area (Å²) in [6, 6.07) is 12.3. The molecule has 20 heavy (non-hydrogen) atoms. The van der Waals surface area contributed by atoms with Gasteiger partial charge in [0.25, 0.3) is 5.91 Å². The van der Waals surface area contributed by atoms with Crippen LogP contribution in [0.1, 0.15) is 15.9 Å². The largest absolute Gasteiger partial charge is 0.399 e. The van der Waals surface area contributed by atoms with Gasteiger partial charge >= 0.3 is 0 Å². The molecule has 104 valence electrons.